The van der Waals surface area contributed by atoms with Crippen molar-refractivity contribution in [3.63, 3.8) is 0 Å². The summed E-state index contributed by atoms with van der Waals surface area (Å²) in [5.74, 6) is 2.30. The van der Waals surface area contributed by atoms with E-state index in [1.165, 1.54) is 77.2 Å². The number of aliphatic hydroxyl groups is 1. The first-order valence-electron chi connectivity index (χ1n) is 11.3. The molecule has 1 aliphatic heterocycles. The van der Waals surface area contributed by atoms with Gasteiger partial charge in [0.25, 0.3) is 0 Å². The summed E-state index contributed by atoms with van der Waals surface area (Å²) in [7, 11) is 0. The minimum absolute atomic E-state index is 0.0564. The summed E-state index contributed by atoms with van der Waals surface area (Å²) in [6, 6.07) is 0.788. The van der Waals surface area contributed by atoms with E-state index in [0.717, 1.165) is 24.3 Å². The predicted octanol–water partition coefficient (Wildman–Crippen LogP) is 5.93. The largest absolute Gasteiger partial charge is 0.393 e. The van der Waals surface area contributed by atoms with Gasteiger partial charge in [-0.2, -0.15) is 0 Å². The molecule has 0 spiro atoms. The van der Waals surface area contributed by atoms with Crippen LogP contribution in [0.5, 0.6) is 0 Å². The van der Waals surface area contributed by atoms with E-state index in [9.17, 15) is 5.11 Å². The van der Waals surface area contributed by atoms with Crippen molar-refractivity contribution in [2.24, 2.45) is 23.2 Å². The molecule has 0 aromatic carbocycles. The first kappa shape index (κ1) is 21.2. The molecule has 2 nitrogen and oxygen atoms in total. The predicted molar refractivity (Wildman–Crippen MR) is 109 cm³/mol. The molecule has 1 heterocycles. The summed E-state index contributed by atoms with van der Waals surface area (Å²) in [4.78, 5) is 0. The quantitative estimate of drug-likeness (QED) is 0.511. The second kappa shape index (κ2) is 10.3. The van der Waals surface area contributed by atoms with Crippen LogP contribution in [0.15, 0.2) is 0 Å². The Labute approximate surface area is 157 Å². The van der Waals surface area contributed by atoms with Crippen LogP contribution in [0.25, 0.3) is 0 Å². The summed E-state index contributed by atoms with van der Waals surface area (Å²) in [5.41, 5.74) is 0.383. The molecule has 3 atom stereocenters. The molecule has 1 aliphatic carbocycles. The van der Waals surface area contributed by atoms with Gasteiger partial charge in [0, 0.05) is 6.04 Å². The smallest absolute Gasteiger partial charge is 0.0568 e. The maximum atomic E-state index is 10.6. The molecule has 0 unspecified atom stereocenters. The molecule has 0 aromatic heterocycles. The van der Waals surface area contributed by atoms with Gasteiger partial charge in [-0.1, -0.05) is 53.4 Å². The van der Waals surface area contributed by atoms with E-state index in [4.69, 9.17) is 0 Å². The van der Waals surface area contributed by atoms with Crippen LogP contribution in [-0.4, -0.2) is 23.8 Å². The Kier molecular flexibility index (Phi) is 8.75. The minimum atomic E-state index is -0.0564. The van der Waals surface area contributed by atoms with Gasteiger partial charge in [-0.3, -0.25) is 0 Å². The fourth-order valence-corrected chi connectivity index (χ4v) is 5.06. The van der Waals surface area contributed by atoms with Crippen LogP contribution in [0.2, 0.25) is 0 Å². The molecule has 148 valence electrons. The molecule has 2 fully saturated rings. The van der Waals surface area contributed by atoms with Crippen LogP contribution in [0.4, 0.5) is 0 Å². The topological polar surface area (TPSA) is 32.3 Å². The van der Waals surface area contributed by atoms with Crippen molar-refractivity contribution in [3.8, 4) is 0 Å². The molecular formula is C23H45NO. The standard InChI is InChI=1S/C23H45NO/c1-18-9-11-20(12-10-18)22(25)13-15-23(3,4)14-5-7-19(2)17-21-8-6-16-24-21/h18-22,24-25H,5-17H2,1-4H3/t18?,19-,20?,21+,22-/m0/s1. The molecule has 25 heavy (non-hydrogen) atoms. The van der Waals surface area contributed by atoms with Crippen LogP contribution in [0.3, 0.4) is 0 Å². The third-order valence-electron chi connectivity index (χ3n) is 7.12. The van der Waals surface area contributed by atoms with Gasteiger partial charge < -0.3 is 10.4 Å². The molecular weight excluding hydrogens is 306 g/mol. The van der Waals surface area contributed by atoms with E-state index in [-0.39, 0.29) is 6.10 Å². The lowest BCUT2D eigenvalue weighted by molar-refractivity contribution is 0.0565. The number of hydrogen-bond donors (Lipinski definition) is 2. The zero-order valence-electron chi connectivity index (χ0n) is 17.5. The highest BCUT2D eigenvalue weighted by molar-refractivity contribution is 4.79. The van der Waals surface area contributed by atoms with Crippen LogP contribution < -0.4 is 5.32 Å². The van der Waals surface area contributed by atoms with E-state index >= 15 is 0 Å². The van der Waals surface area contributed by atoms with Gasteiger partial charge in [-0.15, -0.1) is 0 Å². The molecule has 1 saturated carbocycles. The average molecular weight is 352 g/mol. The molecule has 2 heteroatoms. The van der Waals surface area contributed by atoms with Crippen molar-refractivity contribution in [2.45, 2.75) is 117 Å². The molecule has 0 radical (unpaired) electrons. The third kappa shape index (κ3) is 7.99. The van der Waals surface area contributed by atoms with Gasteiger partial charge >= 0.3 is 0 Å². The van der Waals surface area contributed by atoms with Crippen LogP contribution in [-0.2, 0) is 0 Å². The Balaban J connectivity index is 1.58. The number of nitrogens with one attached hydrogen (secondary N) is 1. The fraction of sp³-hybridized carbons (Fsp3) is 1.00. The van der Waals surface area contributed by atoms with Crippen molar-refractivity contribution in [2.75, 3.05) is 6.54 Å². The Hall–Kier alpha value is -0.0800. The fourth-order valence-electron chi connectivity index (χ4n) is 5.06. The summed E-state index contributed by atoms with van der Waals surface area (Å²) in [6.45, 7) is 10.8. The second-order valence-electron chi connectivity index (χ2n) is 10.3. The van der Waals surface area contributed by atoms with Crippen molar-refractivity contribution in [1.29, 1.82) is 0 Å². The lowest BCUT2D eigenvalue weighted by atomic mass is 9.76. The molecule has 0 aromatic rings. The van der Waals surface area contributed by atoms with E-state index in [1.807, 2.05) is 0 Å². The molecule has 2 rings (SSSR count). The number of rotatable bonds is 10. The van der Waals surface area contributed by atoms with Crippen molar-refractivity contribution in [1.82, 2.24) is 5.32 Å². The summed E-state index contributed by atoms with van der Waals surface area (Å²) >= 11 is 0. The lowest BCUT2D eigenvalue weighted by Gasteiger charge is -2.32. The molecule has 0 bridgehead atoms. The van der Waals surface area contributed by atoms with Crippen molar-refractivity contribution >= 4 is 0 Å². The van der Waals surface area contributed by atoms with Crippen LogP contribution in [0, 0.1) is 23.2 Å². The van der Waals surface area contributed by atoms with Crippen LogP contribution >= 0.6 is 0 Å². The highest BCUT2D eigenvalue weighted by Gasteiger charge is 2.27. The third-order valence-corrected chi connectivity index (χ3v) is 7.12. The van der Waals surface area contributed by atoms with Crippen molar-refractivity contribution in [3.05, 3.63) is 0 Å². The van der Waals surface area contributed by atoms with Gasteiger partial charge in [-0.05, 0) is 81.1 Å². The van der Waals surface area contributed by atoms with Crippen LogP contribution in [0.1, 0.15) is 105 Å². The number of hydrogen-bond acceptors (Lipinski definition) is 2. The number of aliphatic hydroxyl groups excluding tert-OH is 1. The Bertz CT molecular complexity index is 353. The summed E-state index contributed by atoms with van der Waals surface area (Å²) in [5, 5.41) is 14.2. The highest BCUT2D eigenvalue weighted by Crippen LogP contribution is 2.35. The Morgan fingerprint density at radius 2 is 1.76 bits per heavy atom. The maximum Gasteiger partial charge on any atom is 0.0568 e. The van der Waals surface area contributed by atoms with Gasteiger partial charge in [0.2, 0.25) is 0 Å². The van der Waals surface area contributed by atoms with Gasteiger partial charge in [0.05, 0.1) is 6.10 Å². The lowest BCUT2D eigenvalue weighted by Crippen LogP contribution is -2.27. The normalized spacial score (nSPS) is 30.4. The Morgan fingerprint density at radius 3 is 2.40 bits per heavy atom. The Morgan fingerprint density at radius 1 is 1.04 bits per heavy atom. The van der Waals surface area contributed by atoms with E-state index in [2.05, 4.69) is 33.0 Å². The van der Waals surface area contributed by atoms with E-state index in [1.54, 1.807) is 0 Å². The monoisotopic (exact) mass is 351 g/mol. The SMILES string of the molecule is CC1CCC([C@@H](O)CCC(C)(C)CCC[C@H](C)C[C@H]2CCCN2)CC1. The molecule has 1 saturated heterocycles. The first-order valence-corrected chi connectivity index (χ1v) is 11.3. The highest BCUT2D eigenvalue weighted by atomic mass is 16.3. The zero-order valence-corrected chi connectivity index (χ0v) is 17.5. The van der Waals surface area contributed by atoms with Gasteiger partial charge in [0.1, 0.15) is 0 Å². The minimum Gasteiger partial charge on any atom is -0.393 e. The summed E-state index contributed by atoms with van der Waals surface area (Å²) in [6.07, 6.45) is 15.4. The first-order chi connectivity index (χ1) is 11.9. The van der Waals surface area contributed by atoms with Gasteiger partial charge in [-0.25, -0.2) is 0 Å². The second-order valence-corrected chi connectivity index (χ2v) is 10.3. The average Bonchev–Trinajstić information content (AvgIpc) is 3.06. The van der Waals surface area contributed by atoms with Gasteiger partial charge in [0.15, 0.2) is 0 Å². The van der Waals surface area contributed by atoms with E-state index < -0.39 is 0 Å². The zero-order chi connectivity index (χ0) is 18.3. The molecule has 2 N–H and O–H groups in total. The maximum absolute atomic E-state index is 10.6. The summed E-state index contributed by atoms with van der Waals surface area (Å²) < 4.78 is 0. The van der Waals surface area contributed by atoms with E-state index in [0.29, 0.717) is 11.3 Å². The van der Waals surface area contributed by atoms with Crippen molar-refractivity contribution < 1.29 is 5.11 Å². The molecule has 0 amide bonds. The molecule has 2 aliphatic rings.